The van der Waals surface area contributed by atoms with Gasteiger partial charge in [-0.25, -0.2) is 0 Å². The van der Waals surface area contributed by atoms with Crippen LogP contribution < -0.4 is 5.32 Å². The molecule has 0 saturated carbocycles. The fourth-order valence-corrected chi connectivity index (χ4v) is 2.29. The topological polar surface area (TPSA) is 32.3 Å². The molecule has 1 heterocycles. The summed E-state index contributed by atoms with van der Waals surface area (Å²) in [6.07, 6.45) is 4.99. The number of nitrogens with zero attached hydrogens (tertiary/aromatic N) is 1. The van der Waals surface area contributed by atoms with E-state index in [0.717, 1.165) is 19.5 Å². The Morgan fingerprint density at radius 2 is 2.19 bits per heavy atom. The Kier molecular flexibility index (Phi) is 5.81. The van der Waals surface area contributed by atoms with Crippen LogP contribution in [0, 0.1) is 5.92 Å². The Labute approximate surface area is 99.6 Å². The highest BCUT2D eigenvalue weighted by molar-refractivity contribution is 5.78. The number of rotatable bonds is 5. The van der Waals surface area contributed by atoms with E-state index in [0.29, 0.717) is 18.5 Å². The average molecular weight is 226 g/mol. The van der Waals surface area contributed by atoms with Gasteiger partial charge >= 0.3 is 0 Å². The van der Waals surface area contributed by atoms with Crippen molar-refractivity contribution >= 4 is 5.91 Å². The summed E-state index contributed by atoms with van der Waals surface area (Å²) < 4.78 is 0. The maximum Gasteiger partial charge on any atom is 0.234 e. The number of hydrogen-bond acceptors (Lipinski definition) is 2. The van der Waals surface area contributed by atoms with Gasteiger partial charge in [-0.15, -0.1) is 0 Å². The fourth-order valence-electron chi connectivity index (χ4n) is 2.29. The third-order valence-corrected chi connectivity index (χ3v) is 3.27. The van der Waals surface area contributed by atoms with Crippen LogP contribution in [0.2, 0.25) is 0 Å². The van der Waals surface area contributed by atoms with Crippen molar-refractivity contribution in [2.45, 2.75) is 52.5 Å². The highest BCUT2D eigenvalue weighted by Crippen LogP contribution is 2.18. The molecule has 1 aliphatic rings. The summed E-state index contributed by atoms with van der Waals surface area (Å²) in [5.41, 5.74) is 0. The molecule has 0 aromatic carbocycles. The maximum atomic E-state index is 11.7. The van der Waals surface area contributed by atoms with E-state index in [9.17, 15) is 4.79 Å². The highest BCUT2D eigenvalue weighted by atomic mass is 16.2. The minimum absolute atomic E-state index is 0.189. The first-order valence-corrected chi connectivity index (χ1v) is 6.64. The molecule has 94 valence electrons. The molecule has 1 fully saturated rings. The van der Waals surface area contributed by atoms with Gasteiger partial charge < -0.3 is 5.32 Å². The van der Waals surface area contributed by atoms with Crippen molar-refractivity contribution in [2.24, 2.45) is 5.92 Å². The molecule has 0 bridgehead atoms. The summed E-state index contributed by atoms with van der Waals surface area (Å²) in [7, 11) is 0. The zero-order valence-electron chi connectivity index (χ0n) is 11.0. The quantitative estimate of drug-likeness (QED) is 0.778. The van der Waals surface area contributed by atoms with Crippen LogP contribution in [-0.2, 0) is 4.79 Å². The van der Waals surface area contributed by atoms with Crippen LogP contribution in [0.1, 0.15) is 46.5 Å². The molecule has 1 atom stereocenters. The lowest BCUT2D eigenvalue weighted by molar-refractivity contribution is -0.123. The van der Waals surface area contributed by atoms with E-state index in [-0.39, 0.29) is 5.91 Å². The molecular formula is C13H26N2O. The van der Waals surface area contributed by atoms with Gasteiger partial charge in [0.2, 0.25) is 5.91 Å². The summed E-state index contributed by atoms with van der Waals surface area (Å²) >= 11 is 0. The zero-order valence-corrected chi connectivity index (χ0v) is 11.0. The Bertz CT molecular complexity index is 216. The number of hydrogen-bond donors (Lipinski definition) is 1. The molecule has 0 aliphatic carbocycles. The largest absolute Gasteiger partial charge is 0.355 e. The second kappa shape index (κ2) is 6.89. The van der Waals surface area contributed by atoms with Gasteiger partial charge in [-0.05, 0) is 31.7 Å². The summed E-state index contributed by atoms with van der Waals surface area (Å²) in [6.45, 7) is 8.93. The van der Waals surface area contributed by atoms with Crippen LogP contribution in [0.25, 0.3) is 0 Å². The number of likely N-dealkylation sites (tertiary alicyclic amines) is 1. The SMILES string of the molecule is CCC1CCCCN1CC(=O)NCC(C)C. The van der Waals surface area contributed by atoms with Crippen LogP contribution in [0.4, 0.5) is 0 Å². The molecule has 1 unspecified atom stereocenters. The molecule has 1 rings (SSSR count). The van der Waals surface area contributed by atoms with Gasteiger partial charge in [-0.2, -0.15) is 0 Å². The van der Waals surface area contributed by atoms with Crippen LogP contribution in [0.15, 0.2) is 0 Å². The zero-order chi connectivity index (χ0) is 12.0. The molecule has 16 heavy (non-hydrogen) atoms. The number of nitrogens with one attached hydrogen (secondary N) is 1. The van der Waals surface area contributed by atoms with Crippen molar-refractivity contribution in [2.75, 3.05) is 19.6 Å². The van der Waals surface area contributed by atoms with Crippen LogP contribution >= 0.6 is 0 Å². The van der Waals surface area contributed by atoms with Gasteiger partial charge in [0.1, 0.15) is 0 Å². The second-order valence-electron chi connectivity index (χ2n) is 5.23. The predicted molar refractivity (Wildman–Crippen MR) is 67.4 cm³/mol. The smallest absolute Gasteiger partial charge is 0.234 e. The maximum absolute atomic E-state index is 11.7. The monoisotopic (exact) mass is 226 g/mol. The van der Waals surface area contributed by atoms with Crippen molar-refractivity contribution in [3.8, 4) is 0 Å². The molecule has 1 aliphatic heterocycles. The third kappa shape index (κ3) is 4.52. The predicted octanol–water partition coefficient (Wildman–Crippen LogP) is 2.02. The van der Waals surface area contributed by atoms with Crippen molar-refractivity contribution < 1.29 is 4.79 Å². The van der Waals surface area contributed by atoms with Gasteiger partial charge in [0.05, 0.1) is 6.54 Å². The molecule has 0 radical (unpaired) electrons. The van der Waals surface area contributed by atoms with E-state index >= 15 is 0 Å². The lowest BCUT2D eigenvalue weighted by Gasteiger charge is -2.34. The van der Waals surface area contributed by atoms with Crippen LogP contribution in [0.5, 0.6) is 0 Å². The van der Waals surface area contributed by atoms with E-state index in [2.05, 4.69) is 31.0 Å². The first-order valence-electron chi connectivity index (χ1n) is 6.64. The number of amides is 1. The van der Waals surface area contributed by atoms with Gasteiger partial charge in [0.15, 0.2) is 0 Å². The standard InChI is InChI=1S/C13H26N2O/c1-4-12-7-5-6-8-15(12)10-13(16)14-9-11(2)3/h11-12H,4-10H2,1-3H3,(H,14,16). The number of carbonyl (C=O) groups excluding carboxylic acids is 1. The first-order chi connectivity index (χ1) is 7.63. The molecule has 3 heteroatoms. The lowest BCUT2D eigenvalue weighted by atomic mass is 10.00. The van der Waals surface area contributed by atoms with E-state index < -0.39 is 0 Å². The molecule has 1 N–H and O–H groups in total. The normalized spacial score (nSPS) is 22.4. The van der Waals surface area contributed by atoms with Gasteiger partial charge in [0.25, 0.3) is 0 Å². The Hall–Kier alpha value is -0.570. The molecule has 0 aromatic rings. The van der Waals surface area contributed by atoms with Crippen molar-refractivity contribution in [1.29, 1.82) is 0 Å². The molecule has 3 nitrogen and oxygen atoms in total. The summed E-state index contributed by atoms with van der Waals surface area (Å²) in [4.78, 5) is 14.1. The van der Waals surface area contributed by atoms with E-state index in [1.54, 1.807) is 0 Å². The molecule has 0 spiro atoms. The van der Waals surface area contributed by atoms with E-state index in [4.69, 9.17) is 0 Å². The van der Waals surface area contributed by atoms with E-state index in [1.807, 2.05) is 0 Å². The Morgan fingerprint density at radius 3 is 2.81 bits per heavy atom. The van der Waals surface area contributed by atoms with Gasteiger partial charge in [0, 0.05) is 12.6 Å². The Balaban J connectivity index is 2.30. The first kappa shape index (κ1) is 13.5. The molecule has 0 aromatic heterocycles. The van der Waals surface area contributed by atoms with Crippen molar-refractivity contribution in [3.05, 3.63) is 0 Å². The number of piperidine rings is 1. The van der Waals surface area contributed by atoms with Gasteiger partial charge in [-0.1, -0.05) is 27.2 Å². The fraction of sp³-hybridized carbons (Fsp3) is 0.923. The van der Waals surface area contributed by atoms with Gasteiger partial charge in [-0.3, -0.25) is 9.69 Å². The minimum Gasteiger partial charge on any atom is -0.355 e. The minimum atomic E-state index is 0.189. The lowest BCUT2D eigenvalue weighted by Crippen LogP contribution is -2.45. The summed E-state index contributed by atoms with van der Waals surface area (Å²) in [6, 6.07) is 0.624. The number of carbonyl (C=O) groups is 1. The highest BCUT2D eigenvalue weighted by Gasteiger charge is 2.22. The third-order valence-electron chi connectivity index (χ3n) is 3.27. The van der Waals surface area contributed by atoms with E-state index in [1.165, 1.54) is 19.3 Å². The Morgan fingerprint density at radius 1 is 1.44 bits per heavy atom. The average Bonchev–Trinajstić information content (AvgIpc) is 2.27. The van der Waals surface area contributed by atoms with Crippen molar-refractivity contribution in [3.63, 3.8) is 0 Å². The second-order valence-corrected chi connectivity index (χ2v) is 5.23. The molecular weight excluding hydrogens is 200 g/mol. The van der Waals surface area contributed by atoms with Crippen LogP contribution in [0.3, 0.4) is 0 Å². The van der Waals surface area contributed by atoms with Crippen molar-refractivity contribution in [1.82, 2.24) is 10.2 Å². The summed E-state index contributed by atoms with van der Waals surface area (Å²) in [5, 5.41) is 2.99. The van der Waals surface area contributed by atoms with Crippen LogP contribution in [-0.4, -0.2) is 36.5 Å². The molecule has 1 saturated heterocycles. The summed E-state index contributed by atoms with van der Waals surface area (Å²) in [5.74, 6) is 0.723. The molecule has 1 amide bonds.